The first kappa shape index (κ1) is 32.1. The molecule has 0 N–H and O–H groups in total. The van der Waals surface area contributed by atoms with Crippen molar-refractivity contribution in [1.82, 2.24) is 0 Å². The lowest BCUT2D eigenvalue weighted by molar-refractivity contribution is -0.0224. The van der Waals surface area contributed by atoms with E-state index in [4.69, 9.17) is 65.8 Å². The van der Waals surface area contributed by atoms with E-state index in [2.05, 4.69) is 0 Å². The van der Waals surface area contributed by atoms with Crippen LogP contribution in [-0.2, 0) is 65.8 Å². The first-order chi connectivity index (χ1) is 17.3. The highest BCUT2D eigenvalue weighted by Crippen LogP contribution is 2.35. The lowest BCUT2D eigenvalue weighted by Gasteiger charge is -2.49. The molecule has 0 spiro atoms. The van der Waals surface area contributed by atoms with E-state index in [-0.39, 0.29) is 10.5 Å². The molecule has 4 aliphatic heterocycles. The minimum Gasteiger partial charge on any atom is -0.422 e. The van der Waals surface area contributed by atoms with E-state index >= 15 is 0 Å². The van der Waals surface area contributed by atoms with Gasteiger partial charge in [-0.05, 0) is 52.4 Å². The van der Waals surface area contributed by atoms with Gasteiger partial charge in [0.25, 0.3) is 0 Å². The molecule has 4 rings (SSSR count). The summed E-state index contributed by atoms with van der Waals surface area (Å²) in [5.41, 5.74) is 0. The van der Waals surface area contributed by atoms with Crippen LogP contribution in [0.2, 0.25) is 52.4 Å². The van der Waals surface area contributed by atoms with Crippen molar-refractivity contribution in [3.63, 3.8) is 0 Å². The third-order valence-corrected chi connectivity index (χ3v) is 39.1. The molecule has 8 atom stereocenters. The second kappa shape index (κ2) is 13.2. The molecule has 0 amide bonds. The van der Waals surface area contributed by atoms with E-state index < -0.39 is 111 Å². The van der Waals surface area contributed by atoms with Gasteiger partial charge in [-0.3, -0.25) is 0 Å². The van der Waals surface area contributed by atoms with Crippen LogP contribution < -0.4 is 0 Å². The van der Waals surface area contributed by atoms with Crippen molar-refractivity contribution >= 4 is 121 Å². The van der Waals surface area contributed by atoms with Crippen molar-refractivity contribution in [1.29, 1.82) is 0 Å². The molecule has 0 aromatic heterocycles. The van der Waals surface area contributed by atoms with Crippen LogP contribution in [0.15, 0.2) is 0 Å². The van der Waals surface area contributed by atoms with Crippen LogP contribution in [-0.4, -0.2) is 121 Å². The van der Waals surface area contributed by atoms with Crippen molar-refractivity contribution in [2.45, 2.75) is 52.4 Å². The van der Waals surface area contributed by atoms with Crippen LogP contribution in [0, 0.1) is 0 Å². The smallest absolute Gasteiger partial charge is 0.422 e. The highest BCUT2D eigenvalue weighted by molar-refractivity contribution is 6.90. The van der Waals surface area contributed by atoms with Gasteiger partial charge in [0.05, 0.1) is 0 Å². The fraction of sp³-hybridized carbons (Fsp3) is 1.00. The van der Waals surface area contributed by atoms with Crippen molar-refractivity contribution in [3.8, 4) is 0 Å². The highest BCUT2D eigenvalue weighted by Gasteiger charge is 2.72. The first-order valence-electron chi connectivity index (χ1n) is 12.0. The van der Waals surface area contributed by atoms with Gasteiger partial charge in [0.1, 0.15) is 10.5 Å². The third-order valence-electron chi connectivity index (χ3n) is 4.35. The maximum Gasteiger partial charge on any atom is 0.649 e. The van der Waals surface area contributed by atoms with Crippen LogP contribution >= 0.6 is 0 Å². The fourth-order valence-corrected chi connectivity index (χ4v) is 46.8. The maximum absolute atomic E-state index is 6.65. The van der Waals surface area contributed by atoms with E-state index in [9.17, 15) is 0 Å². The van der Waals surface area contributed by atoms with Gasteiger partial charge < -0.3 is 65.8 Å². The number of rotatable bonds is 9. The van der Waals surface area contributed by atoms with Gasteiger partial charge in [-0.1, -0.05) is 0 Å². The molecule has 0 saturated carbocycles. The Balaban J connectivity index is 1.87. The summed E-state index contributed by atoms with van der Waals surface area (Å²) >= 11 is 0. The van der Waals surface area contributed by atoms with Crippen molar-refractivity contribution in [2.24, 2.45) is 0 Å². The second-order valence-corrected chi connectivity index (χ2v) is 39.9. The quantitative estimate of drug-likeness (QED) is 0.208. The first-order valence-corrected chi connectivity index (χ1v) is 35.9. The van der Waals surface area contributed by atoms with Gasteiger partial charge in [0, 0.05) is 0 Å². The van der Waals surface area contributed by atoms with Gasteiger partial charge in [0.15, 0.2) is 36.2 Å². The molecule has 0 aliphatic carbocycles. The predicted octanol–water partition coefficient (Wildman–Crippen LogP) is -4.59. The lowest BCUT2D eigenvalue weighted by atomic mass is 11.9. The Labute approximate surface area is 238 Å². The summed E-state index contributed by atoms with van der Waals surface area (Å²) in [4.78, 5) is 0. The second-order valence-electron chi connectivity index (χ2n) is 9.19. The van der Waals surface area contributed by atoms with E-state index in [0.717, 1.165) is 0 Å². The summed E-state index contributed by atoms with van der Waals surface area (Å²) in [6, 6.07) is 0. The summed E-state index contributed by atoms with van der Waals surface area (Å²) in [5, 5.41) is 0. The monoisotopic (exact) mass is 752 g/mol. The molecule has 4 fully saturated rings. The van der Waals surface area contributed by atoms with Gasteiger partial charge in [-0.15, -0.1) is 0 Å². The van der Waals surface area contributed by atoms with E-state index in [0.29, 0.717) is 0 Å². The molecule has 216 valence electrons. The van der Waals surface area contributed by atoms with Gasteiger partial charge in [-0.25, -0.2) is 0 Å². The number of fused-ring (bicyclic) bond motifs is 4. The largest absolute Gasteiger partial charge is 0.649 e. The molecule has 6 bridgehead atoms. The Morgan fingerprint density at radius 3 is 1.59 bits per heavy atom. The highest BCUT2D eigenvalue weighted by atomic mass is 28.6. The van der Waals surface area contributed by atoms with Crippen LogP contribution in [0.4, 0.5) is 0 Å². The average molecular weight is 753 g/mol. The van der Waals surface area contributed by atoms with Gasteiger partial charge in [-0.2, -0.15) is 0 Å². The fourth-order valence-electron chi connectivity index (χ4n) is 3.28. The Bertz CT molecular complexity index is 770. The molecular formula is C8H36O16Si13. The summed E-state index contributed by atoms with van der Waals surface area (Å²) in [6.07, 6.45) is 0. The Morgan fingerprint density at radius 1 is 0.541 bits per heavy atom. The Morgan fingerprint density at radius 2 is 1.05 bits per heavy atom. The number of hydrogen-bond acceptors (Lipinski definition) is 16. The molecule has 16 nitrogen and oxygen atoms in total. The SMILES string of the molecule is C[SiH](C)O[SiH]1O[SiH]2O[SiH]3O[SiH]4O[SiH](O2)O[Si](O[SiH](C)C)(O1)O[Si](O[SiH](C)C)(O4)O[Si](O[SiH3])(O[SiH](C)C)O3. The van der Waals surface area contributed by atoms with E-state index in [1.54, 1.807) is 0 Å². The standard InChI is InChI=1S/C8H36O16Si13/c1-26(2)10-31-11-30-12-32-14-34-15-33(13-30)21-36(20-31,17-28(5)6)24-37(22-34,18-29(7)8)23-35(9-25,19-32)16-27(3)4/h26-34H,1-8,25H3. The molecule has 4 aliphatic rings. The minimum absolute atomic E-state index is 0.232. The molecule has 0 radical (unpaired) electrons. The van der Waals surface area contributed by atoms with E-state index in [1.165, 1.54) is 0 Å². The van der Waals surface area contributed by atoms with Crippen LogP contribution in [0.5, 0.6) is 0 Å². The Kier molecular flexibility index (Phi) is 11.5. The van der Waals surface area contributed by atoms with Gasteiger partial charge in [0.2, 0.25) is 0 Å². The maximum atomic E-state index is 6.65. The van der Waals surface area contributed by atoms with Crippen molar-refractivity contribution in [2.75, 3.05) is 0 Å². The average Bonchev–Trinajstić information content (AvgIpc) is 2.66. The molecule has 4 heterocycles. The van der Waals surface area contributed by atoms with Crippen molar-refractivity contribution < 1.29 is 65.8 Å². The van der Waals surface area contributed by atoms with Crippen molar-refractivity contribution in [3.05, 3.63) is 0 Å². The van der Waals surface area contributed by atoms with E-state index in [1.807, 2.05) is 52.4 Å². The summed E-state index contributed by atoms with van der Waals surface area (Å²) in [6.45, 7) is 15.8. The molecular weight excluding hydrogens is 717 g/mol. The van der Waals surface area contributed by atoms with Crippen LogP contribution in [0.3, 0.4) is 0 Å². The molecule has 8 unspecified atom stereocenters. The molecule has 29 heteroatoms. The van der Waals surface area contributed by atoms with Crippen LogP contribution in [0.1, 0.15) is 0 Å². The van der Waals surface area contributed by atoms with Gasteiger partial charge >= 0.3 is 74.8 Å². The third kappa shape index (κ3) is 8.61. The zero-order chi connectivity index (χ0) is 27.0. The summed E-state index contributed by atoms with van der Waals surface area (Å²) < 4.78 is 101. The number of hydrogen-bond donors (Lipinski definition) is 0. The minimum atomic E-state index is -4.24. The lowest BCUT2D eigenvalue weighted by Crippen LogP contribution is -2.77. The molecule has 0 aromatic carbocycles. The molecule has 4 saturated heterocycles. The normalized spacial score (nSPS) is 42.6. The molecule has 0 aromatic rings. The zero-order valence-electron chi connectivity index (χ0n) is 22.2. The predicted molar refractivity (Wildman–Crippen MR) is 156 cm³/mol. The molecule has 37 heavy (non-hydrogen) atoms. The van der Waals surface area contributed by atoms with Crippen LogP contribution in [0.25, 0.3) is 0 Å². The Hall–Kier alpha value is 2.18. The summed E-state index contributed by atoms with van der Waals surface area (Å²) in [5.74, 6) is 0. The zero-order valence-corrected chi connectivity index (χ0v) is 37.6. The summed E-state index contributed by atoms with van der Waals surface area (Å²) in [7, 11) is -34.2. The topological polar surface area (TPSA) is 148 Å².